The fourth-order valence-electron chi connectivity index (χ4n) is 1.63. The summed E-state index contributed by atoms with van der Waals surface area (Å²) in [6, 6.07) is 7.46. The Balaban J connectivity index is 2.54. The van der Waals surface area contributed by atoms with Crippen LogP contribution in [0.5, 0.6) is 0 Å². The molecule has 3 nitrogen and oxygen atoms in total. The molecule has 0 saturated carbocycles. The molecular weight excluding hydrogens is 280 g/mol. The van der Waals surface area contributed by atoms with Crippen LogP contribution in [0.15, 0.2) is 28.7 Å². The maximum absolute atomic E-state index is 11.3. The second-order valence-corrected chi connectivity index (χ2v) is 5.02. The molecule has 0 aliphatic rings. The van der Waals surface area contributed by atoms with Gasteiger partial charge in [-0.3, -0.25) is 4.79 Å². The number of carbonyl (C=O) groups excluding carboxylic acids is 1. The van der Waals surface area contributed by atoms with E-state index in [1.807, 2.05) is 24.3 Å². The lowest BCUT2D eigenvalue weighted by atomic mass is 10.1. The van der Waals surface area contributed by atoms with Crippen LogP contribution in [0.4, 0.5) is 5.69 Å². The van der Waals surface area contributed by atoms with Gasteiger partial charge in [0, 0.05) is 10.2 Å². The summed E-state index contributed by atoms with van der Waals surface area (Å²) in [5.41, 5.74) is 6.31. The number of anilines is 1. The minimum atomic E-state index is -0.288. The highest BCUT2D eigenvalue weighted by molar-refractivity contribution is 9.10. The van der Waals surface area contributed by atoms with E-state index in [0.717, 1.165) is 35.8 Å². The van der Waals surface area contributed by atoms with E-state index in [-0.39, 0.29) is 11.9 Å². The van der Waals surface area contributed by atoms with E-state index >= 15 is 0 Å². The lowest BCUT2D eigenvalue weighted by Crippen LogP contribution is -2.35. The van der Waals surface area contributed by atoms with Crippen molar-refractivity contribution in [2.45, 2.75) is 38.6 Å². The first-order valence-corrected chi connectivity index (χ1v) is 6.74. The molecule has 1 aromatic rings. The van der Waals surface area contributed by atoms with Crippen LogP contribution in [0, 0.1) is 0 Å². The van der Waals surface area contributed by atoms with Crippen LogP contribution in [-0.4, -0.2) is 11.9 Å². The summed E-state index contributed by atoms with van der Waals surface area (Å²) >= 11 is 3.37. The normalized spacial score (nSPS) is 12.1. The van der Waals surface area contributed by atoms with E-state index in [1.54, 1.807) is 0 Å². The fourth-order valence-corrected chi connectivity index (χ4v) is 1.90. The smallest absolute Gasteiger partial charge is 0.239 e. The Labute approximate surface area is 111 Å². The van der Waals surface area contributed by atoms with Gasteiger partial charge in [-0.05, 0) is 30.7 Å². The summed E-state index contributed by atoms with van der Waals surface area (Å²) in [5.74, 6) is -0.288. The Morgan fingerprint density at radius 2 is 2.00 bits per heavy atom. The number of rotatable bonds is 7. The first-order chi connectivity index (χ1) is 8.13. The summed E-state index contributed by atoms with van der Waals surface area (Å²) in [6.45, 7) is 2.14. The minimum absolute atomic E-state index is 0.275. The quantitative estimate of drug-likeness (QED) is 0.759. The van der Waals surface area contributed by atoms with Crippen molar-refractivity contribution in [3.05, 3.63) is 28.7 Å². The molecule has 0 fully saturated rings. The number of halogens is 1. The number of nitrogens with two attached hydrogens (primary N) is 1. The predicted molar refractivity (Wildman–Crippen MR) is 74.9 cm³/mol. The first kappa shape index (κ1) is 14.0. The highest BCUT2D eigenvalue weighted by atomic mass is 79.9. The maximum atomic E-state index is 11.3. The van der Waals surface area contributed by atoms with Crippen LogP contribution in [0.1, 0.15) is 32.6 Å². The third-order valence-corrected chi connectivity index (χ3v) is 3.15. The lowest BCUT2D eigenvalue weighted by Gasteiger charge is -2.16. The topological polar surface area (TPSA) is 55.1 Å². The van der Waals surface area contributed by atoms with Gasteiger partial charge >= 0.3 is 0 Å². The van der Waals surface area contributed by atoms with Crippen LogP contribution < -0.4 is 11.1 Å². The molecule has 4 heteroatoms. The average Bonchev–Trinajstić information content (AvgIpc) is 2.30. The molecule has 0 aromatic heterocycles. The monoisotopic (exact) mass is 298 g/mol. The molecular formula is C13H19BrN2O. The van der Waals surface area contributed by atoms with Crippen molar-refractivity contribution in [2.24, 2.45) is 5.73 Å². The number of benzene rings is 1. The Hall–Kier alpha value is -1.03. The third-order valence-electron chi connectivity index (χ3n) is 2.62. The average molecular weight is 299 g/mol. The summed E-state index contributed by atoms with van der Waals surface area (Å²) in [7, 11) is 0. The summed E-state index contributed by atoms with van der Waals surface area (Å²) in [6.07, 6.45) is 4.09. The highest BCUT2D eigenvalue weighted by Crippen LogP contribution is 2.16. The number of hydrogen-bond donors (Lipinski definition) is 2. The van der Waals surface area contributed by atoms with Crippen LogP contribution in [-0.2, 0) is 4.79 Å². The van der Waals surface area contributed by atoms with E-state index in [9.17, 15) is 4.79 Å². The zero-order chi connectivity index (χ0) is 12.7. The summed E-state index contributed by atoms with van der Waals surface area (Å²) < 4.78 is 1.02. The van der Waals surface area contributed by atoms with Gasteiger partial charge < -0.3 is 11.1 Å². The van der Waals surface area contributed by atoms with Crippen molar-refractivity contribution in [2.75, 3.05) is 5.32 Å². The molecule has 1 rings (SSSR count). The van der Waals surface area contributed by atoms with Crippen molar-refractivity contribution in [1.82, 2.24) is 0 Å². The van der Waals surface area contributed by atoms with E-state index in [4.69, 9.17) is 5.73 Å². The van der Waals surface area contributed by atoms with Crippen LogP contribution in [0.3, 0.4) is 0 Å². The molecule has 94 valence electrons. The molecule has 0 saturated heterocycles. The highest BCUT2D eigenvalue weighted by Gasteiger charge is 2.14. The van der Waals surface area contributed by atoms with Crippen molar-refractivity contribution < 1.29 is 4.79 Å². The molecule has 1 amide bonds. The lowest BCUT2D eigenvalue weighted by molar-refractivity contribution is -0.118. The Morgan fingerprint density at radius 3 is 2.53 bits per heavy atom. The number of unbranched alkanes of at least 4 members (excludes halogenated alkanes) is 2. The molecule has 1 aromatic carbocycles. The van der Waals surface area contributed by atoms with Gasteiger partial charge in [0.15, 0.2) is 0 Å². The second-order valence-electron chi connectivity index (χ2n) is 4.10. The number of carbonyl (C=O) groups is 1. The van der Waals surface area contributed by atoms with Crippen molar-refractivity contribution >= 4 is 27.5 Å². The molecule has 3 N–H and O–H groups in total. The zero-order valence-electron chi connectivity index (χ0n) is 10.1. The molecule has 0 radical (unpaired) electrons. The standard InChI is InChI=1S/C13H19BrN2O/c1-2-3-4-5-12(13(15)17)16-11-8-6-10(14)7-9-11/h6-9,12,16H,2-5H2,1H3,(H2,15,17). The molecule has 0 aliphatic heterocycles. The Morgan fingerprint density at radius 1 is 1.35 bits per heavy atom. The molecule has 17 heavy (non-hydrogen) atoms. The largest absolute Gasteiger partial charge is 0.374 e. The van der Waals surface area contributed by atoms with E-state index in [0.29, 0.717) is 0 Å². The van der Waals surface area contributed by atoms with Gasteiger partial charge in [0.05, 0.1) is 0 Å². The SMILES string of the molecule is CCCCCC(Nc1ccc(Br)cc1)C(N)=O. The summed E-state index contributed by atoms with van der Waals surface area (Å²) in [5, 5.41) is 3.17. The van der Waals surface area contributed by atoms with E-state index in [2.05, 4.69) is 28.2 Å². The molecule has 0 aliphatic carbocycles. The summed E-state index contributed by atoms with van der Waals surface area (Å²) in [4.78, 5) is 11.3. The van der Waals surface area contributed by atoms with Gasteiger partial charge in [-0.25, -0.2) is 0 Å². The number of amides is 1. The number of hydrogen-bond acceptors (Lipinski definition) is 2. The van der Waals surface area contributed by atoms with Gasteiger partial charge in [0.2, 0.25) is 5.91 Å². The predicted octanol–water partition coefficient (Wildman–Crippen LogP) is 3.30. The Kier molecular flexibility index (Phi) is 6.05. The maximum Gasteiger partial charge on any atom is 0.239 e. The molecule has 1 atom stereocenters. The third kappa shape index (κ3) is 5.22. The van der Waals surface area contributed by atoms with Crippen molar-refractivity contribution in [3.63, 3.8) is 0 Å². The number of primary amides is 1. The molecule has 0 bridgehead atoms. The molecule has 0 heterocycles. The van der Waals surface area contributed by atoms with Gasteiger partial charge in [0.1, 0.15) is 6.04 Å². The van der Waals surface area contributed by atoms with Gasteiger partial charge in [-0.15, -0.1) is 0 Å². The van der Waals surface area contributed by atoms with E-state index < -0.39 is 0 Å². The van der Waals surface area contributed by atoms with Gasteiger partial charge in [-0.1, -0.05) is 42.1 Å². The van der Waals surface area contributed by atoms with Gasteiger partial charge in [-0.2, -0.15) is 0 Å². The molecule has 1 unspecified atom stereocenters. The van der Waals surface area contributed by atoms with Crippen molar-refractivity contribution in [3.8, 4) is 0 Å². The fraction of sp³-hybridized carbons (Fsp3) is 0.462. The van der Waals surface area contributed by atoms with Crippen LogP contribution in [0.25, 0.3) is 0 Å². The molecule has 0 spiro atoms. The first-order valence-electron chi connectivity index (χ1n) is 5.95. The number of nitrogens with one attached hydrogen (secondary N) is 1. The van der Waals surface area contributed by atoms with Gasteiger partial charge in [0.25, 0.3) is 0 Å². The van der Waals surface area contributed by atoms with Crippen molar-refractivity contribution in [1.29, 1.82) is 0 Å². The van der Waals surface area contributed by atoms with Crippen LogP contribution in [0.2, 0.25) is 0 Å². The Bertz CT molecular complexity index is 351. The minimum Gasteiger partial charge on any atom is -0.374 e. The van der Waals surface area contributed by atoms with E-state index in [1.165, 1.54) is 0 Å². The second kappa shape index (κ2) is 7.33. The zero-order valence-corrected chi connectivity index (χ0v) is 11.7. The van der Waals surface area contributed by atoms with Crippen LogP contribution >= 0.6 is 15.9 Å².